The highest BCUT2D eigenvalue weighted by Gasteiger charge is 2.24. The molecule has 0 radical (unpaired) electrons. The summed E-state index contributed by atoms with van der Waals surface area (Å²) in [6.07, 6.45) is 1.25. The van der Waals surface area contributed by atoms with E-state index in [2.05, 4.69) is 10.2 Å². The summed E-state index contributed by atoms with van der Waals surface area (Å²) in [7, 11) is 1.42. The van der Waals surface area contributed by atoms with Gasteiger partial charge in [-0.3, -0.25) is 15.0 Å². The summed E-state index contributed by atoms with van der Waals surface area (Å²) in [6, 6.07) is 5.12. The summed E-state index contributed by atoms with van der Waals surface area (Å²) in [5.74, 6) is 0.263. The average molecular weight is 365 g/mol. The van der Waals surface area contributed by atoms with Crippen LogP contribution >= 0.6 is 0 Å². The first-order valence-electron chi connectivity index (χ1n) is 8.71. The number of alkyl carbamates (subject to hydrolysis) is 1. The third-order valence-electron chi connectivity index (χ3n) is 4.15. The Balaban J connectivity index is 1.86. The molecule has 8 heteroatoms. The van der Waals surface area contributed by atoms with Gasteiger partial charge in [-0.1, -0.05) is 6.07 Å². The van der Waals surface area contributed by atoms with Crippen LogP contribution in [0.5, 0.6) is 5.75 Å². The monoisotopic (exact) mass is 365 g/mol. The van der Waals surface area contributed by atoms with Gasteiger partial charge in [-0.2, -0.15) is 0 Å². The van der Waals surface area contributed by atoms with Crippen LogP contribution in [0.4, 0.5) is 10.5 Å². The van der Waals surface area contributed by atoms with Gasteiger partial charge in [0.2, 0.25) is 0 Å². The maximum Gasteiger partial charge on any atom is 0.407 e. The number of nitro benzene ring substituents is 1. The van der Waals surface area contributed by atoms with E-state index in [9.17, 15) is 14.9 Å². The number of nitrogens with one attached hydrogen (secondary N) is 1. The van der Waals surface area contributed by atoms with E-state index in [-0.39, 0.29) is 23.6 Å². The molecule has 0 aliphatic carbocycles. The lowest BCUT2D eigenvalue weighted by Gasteiger charge is -2.32. The number of benzene rings is 1. The van der Waals surface area contributed by atoms with Crippen molar-refractivity contribution in [2.24, 2.45) is 0 Å². The van der Waals surface area contributed by atoms with Crippen LogP contribution < -0.4 is 10.1 Å². The molecule has 0 bridgehead atoms. The van der Waals surface area contributed by atoms with Crippen LogP contribution in [0.3, 0.4) is 0 Å². The third kappa shape index (κ3) is 5.87. The van der Waals surface area contributed by atoms with Crippen LogP contribution in [0.1, 0.15) is 39.2 Å². The van der Waals surface area contributed by atoms with Crippen LogP contribution in [0.2, 0.25) is 0 Å². The molecule has 0 unspecified atom stereocenters. The molecule has 0 atom stereocenters. The molecule has 2 rings (SSSR count). The number of piperidine rings is 1. The Morgan fingerprint density at radius 1 is 1.35 bits per heavy atom. The van der Waals surface area contributed by atoms with Crippen LogP contribution in [0.15, 0.2) is 18.2 Å². The zero-order valence-corrected chi connectivity index (χ0v) is 15.8. The van der Waals surface area contributed by atoms with Gasteiger partial charge in [0.15, 0.2) is 5.75 Å². The van der Waals surface area contributed by atoms with Crippen molar-refractivity contribution in [1.29, 1.82) is 0 Å². The number of hydrogen-bond acceptors (Lipinski definition) is 6. The van der Waals surface area contributed by atoms with Crippen molar-refractivity contribution in [2.45, 2.75) is 51.8 Å². The van der Waals surface area contributed by atoms with Gasteiger partial charge >= 0.3 is 11.8 Å². The van der Waals surface area contributed by atoms with Gasteiger partial charge in [0, 0.05) is 31.7 Å². The predicted octanol–water partition coefficient (Wildman–Crippen LogP) is 3.09. The molecule has 26 heavy (non-hydrogen) atoms. The molecular formula is C18H27N3O5. The van der Waals surface area contributed by atoms with Crippen molar-refractivity contribution < 1.29 is 19.2 Å². The standard InChI is InChI=1S/C18H27N3O5/c1-18(2,3)26-17(22)19-14-7-9-20(10-8-14)12-13-5-6-16(25-4)15(11-13)21(23)24/h5-6,11,14H,7-10,12H2,1-4H3,(H,19,22). The van der Waals surface area contributed by atoms with Gasteiger partial charge in [0.1, 0.15) is 5.60 Å². The van der Waals surface area contributed by atoms with Crippen LogP contribution in [0.25, 0.3) is 0 Å². The van der Waals surface area contributed by atoms with Gasteiger partial charge in [-0.05, 0) is 45.2 Å². The van der Waals surface area contributed by atoms with Crippen molar-refractivity contribution >= 4 is 11.8 Å². The second kappa shape index (κ2) is 8.35. The summed E-state index contributed by atoms with van der Waals surface area (Å²) in [5.41, 5.74) is 0.343. The number of nitro groups is 1. The van der Waals surface area contributed by atoms with E-state index >= 15 is 0 Å². The summed E-state index contributed by atoms with van der Waals surface area (Å²) in [5, 5.41) is 14.0. The fourth-order valence-electron chi connectivity index (χ4n) is 2.94. The molecule has 1 aromatic rings. The highest BCUT2D eigenvalue weighted by Crippen LogP contribution is 2.28. The van der Waals surface area contributed by atoms with Crippen molar-refractivity contribution in [2.75, 3.05) is 20.2 Å². The molecule has 1 N–H and O–H groups in total. The second-order valence-electron chi connectivity index (χ2n) is 7.46. The molecular weight excluding hydrogens is 338 g/mol. The Morgan fingerprint density at radius 2 is 2.00 bits per heavy atom. The van der Waals surface area contributed by atoms with Crippen molar-refractivity contribution in [1.82, 2.24) is 10.2 Å². The van der Waals surface area contributed by atoms with E-state index in [1.807, 2.05) is 26.8 Å². The molecule has 1 amide bonds. The van der Waals surface area contributed by atoms with E-state index in [4.69, 9.17) is 9.47 Å². The number of carbonyl (C=O) groups excluding carboxylic acids is 1. The van der Waals surface area contributed by atoms with Crippen molar-refractivity contribution in [3.8, 4) is 5.75 Å². The molecule has 144 valence electrons. The normalized spacial score (nSPS) is 16.2. The van der Waals surface area contributed by atoms with Crippen molar-refractivity contribution in [3.05, 3.63) is 33.9 Å². The smallest absolute Gasteiger partial charge is 0.407 e. The molecule has 1 heterocycles. The van der Waals surface area contributed by atoms with E-state index < -0.39 is 10.5 Å². The molecule has 0 saturated carbocycles. The first-order chi connectivity index (χ1) is 12.2. The highest BCUT2D eigenvalue weighted by atomic mass is 16.6. The summed E-state index contributed by atoms with van der Waals surface area (Å²) >= 11 is 0. The SMILES string of the molecule is COc1ccc(CN2CCC(NC(=O)OC(C)(C)C)CC2)cc1[N+](=O)[O-]. The fraction of sp³-hybridized carbons (Fsp3) is 0.611. The number of nitrogens with zero attached hydrogens (tertiary/aromatic N) is 2. The Bertz CT molecular complexity index is 649. The molecule has 8 nitrogen and oxygen atoms in total. The minimum Gasteiger partial charge on any atom is -0.490 e. The third-order valence-corrected chi connectivity index (χ3v) is 4.15. The van der Waals surface area contributed by atoms with Crippen LogP contribution in [-0.2, 0) is 11.3 Å². The fourth-order valence-corrected chi connectivity index (χ4v) is 2.94. The number of methoxy groups -OCH3 is 1. The predicted molar refractivity (Wildman–Crippen MR) is 97.3 cm³/mol. The maximum atomic E-state index is 11.8. The average Bonchev–Trinajstić information content (AvgIpc) is 2.54. The van der Waals surface area contributed by atoms with Gasteiger partial charge in [0.05, 0.1) is 12.0 Å². The minimum atomic E-state index is -0.506. The Morgan fingerprint density at radius 3 is 2.54 bits per heavy atom. The molecule has 0 aromatic heterocycles. The van der Waals surface area contributed by atoms with Gasteiger partial charge < -0.3 is 14.8 Å². The Kier molecular flexibility index (Phi) is 6.42. The lowest BCUT2D eigenvalue weighted by Crippen LogP contribution is -2.45. The topological polar surface area (TPSA) is 93.9 Å². The molecule has 0 spiro atoms. The number of carbonyl (C=O) groups is 1. The Labute approximate surface area is 153 Å². The van der Waals surface area contributed by atoms with E-state index in [1.165, 1.54) is 7.11 Å². The zero-order valence-electron chi connectivity index (χ0n) is 15.8. The summed E-state index contributed by atoms with van der Waals surface area (Å²) in [6.45, 7) is 7.75. The molecule has 1 aliphatic heterocycles. The minimum absolute atomic E-state index is 0.0218. The summed E-state index contributed by atoms with van der Waals surface area (Å²) in [4.78, 5) is 24.8. The summed E-state index contributed by atoms with van der Waals surface area (Å²) < 4.78 is 10.3. The number of hydrogen-bond donors (Lipinski definition) is 1. The quantitative estimate of drug-likeness (QED) is 0.636. The second-order valence-corrected chi connectivity index (χ2v) is 7.46. The number of ether oxygens (including phenoxy) is 2. The molecule has 1 aromatic carbocycles. The Hall–Kier alpha value is -2.35. The zero-order chi connectivity index (χ0) is 19.3. The highest BCUT2D eigenvalue weighted by molar-refractivity contribution is 5.68. The number of amides is 1. The van der Waals surface area contributed by atoms with E-state index in [0.717, 1.165) is 31.5 Å². The van der Waals surface area contributed by atoms with Crippen LogP contribution in [-0.4, -0.2) is 47.8 Å². The van der Waals surface area contributed by atoms with Crippen molar-refractivity contribution in [3.63, 3.8) is 0 Å². The molecule has 1 saturated heterocycles. The molecule has 1 fully saturated rings. The first kappa shape index (κ1) is 20.0. The van der Waals surface area contributed by atoms with Gasteiger partial charge in [0.25, 0.3) is 0 Å². The van der Waals surface area contributed by atoms with Gasteiger partial charge in [-0.15, -0.1) is 0 Å². The number of rotatable bonds is 5. The van der Waals surface area contributed by atoms with Crippen LogP contribution in [0, 0.1) is 10.1 Å². The molecule has 1 aliphatic rings. The lowest BCUT2D eigenvalue weighted by atomic mass is 10.0. The van der Waals surface area contributed by atoms with Gasteiger partial charge in [-0.25, -0.2) is 4.79 Å². The van der Waals surface area contributed by atoms with E-state index in [0.29, 0.717) is 6.54 Å². The largest absolute Gasteiger partial charge is 0.490 e. The van der Waals surface area contributed by atoms with E-state index in [1.54, 1.807) is 12.1 Å². The first-order valence-corrected chi connectivity index (χ1v) is 8.71. The lowest BCUT2D eigenvalue weighted by molar-refractivity contribution is -0.385. The maximum absolute atomic E-state index is 11.8. The number of likely N-dealkylation sites (tertiary alicyclic amines) is 1.